The summed E-state index contributed by atoms with van der Waals surface area (Å²) >= 11 is 0. The molecular formula is C16H33IN4O. The van der Waals surface area contributed by atoms with E-state index in [2.05, 4.69) is 41.0 Å². The Hall–Kier alpha value is -0.0800. The van der Waals surface area contributed by atoms with Crippen LogP contribution in [0.5, 0.6) is 0 Å². The zero-order valence-electron chi connectivity index (χ0n) is 14.3. The third kappa shape index (κ3) is 5.23. The molecule has 0 spiro atoms. The number of aliphatic imine (C=N–C) groups is 1. The molecule has 6 heteroatoms. The van der Waals surface area contributed by atoms with Crippen LogP contribution in [0.4, 0.5) is 0 Å². The highest BCUT2D eigenvalue weighted by atomic mass is 127. The van der Waals surface area contributed by atoms with E-state index in [1.165, 1.54) is 19.4 Å². The minimum atomic E-state index is -0.537. The van der Waals surface area contributed by atoms with Gasteiger partial charge in [0.1, 0.15) is 0 Å². The summed E-state index contributed by atoms with van der Waals surface area (Å²) in [5, 5.41) is 13.6. The summed E-state index contributed by atoms with van der Waals surface area (Å²) in [5.74, 6) is 0.931. The minimum Gasteiger partial charge on any atom is -0.388 e. The van der Waals surface area contributed by atoms with Crippen LogP contribution in [-0.4, -0.2) is 72.3 Å². The Labute approximate surface area is 152 Å². The summed E-state index contributed by atoms with van der Waals surface area (Å²) in [7, 11) is 2.11. The highest BCUT2D eigenvalue weighted by Gasteiger charge is 2.34. The molecule has 2 rings (SSSR count). The predicted molar refractivity (Wildman–Crippen MR) is 103 cm³/mol. The van der Waals surface area contributed by atoms with E-state index in [9.17, 15) is 5.11 Å². The fourth-order valence-corrected chi connectivity index (χ4v) is 3.36. The first-order valence-electron chi connectivity index (χ1n) is 8.54. The summed E-state index contributed by atoms with van der Waals surface area (Å²) in [6, 6.07) is 0.635. The van der Waals surface area contributed by atoms with Crippen molar-refractivity contribution in [2.45, 2.75) is 57.6 Å². The number of guanidine groups is 1. The number of rotatable bonds is 6. The Morgan fingerprint density at radius 3 is 2.64 bits per heavy atom. The van der Waals surface area contributed by atoms with Crippen LogP contribution < -0.4 is 5.32 Å². The first-order valence-corrected chi connectivity index (χ1v) is 8.54. The number of hydrogen-bond donors (Lipinski definition) is 2. The third-order valence-corrected chi connectivity index (χ3v) is 4.89. The molecule has 130 valence electrons. The van der Waals surface area contributed by atoms with Crippen molar-refractivity contribution in [2.75, 3.05) is 39.8 Å². The van der Waals surface area contributed by atoms with Crippen LogP contribution in [0.1, 0.15) is 46.0 Å². The maximum atomic E-state index is 10.2. The van der Waals surface area contributed by atoms with Crippen molar-refractivity contribution in [2.24, 2.45) is 4.99 Å². The summed E-state index contributed by atoms with van der Waals surface area (Å²) in [4.78, 5) is 9.44. The molecule has 5 nitrogen and oxygen atoms in total. The van der Waals surface area contributed by atoms with Gasteiger partial charge in [-0.15, -0.1) is 24.0 Å². The largest absolute Gasteiger partial charge is 0.388 e. The molecule has 2 fully saturated rings. The molecule has 0 aromatic heterocycles. The molecule has 1 aliphatic heterocycles. The van der Waals surface area contributed by atoms with Gasteiger partial charge in [-0.25, -0.2) is 0 Å². The highest BCUT2D eigenvalue weighted by Crippen LogP contribution is 2.31. The minimum absolute atomic E-state index is 0. The first-order chi connectivity index (χ1) is 10.1. The van der Waals surface area contributed by atoms with E-state index in [0.717, 1.165) is 44.9 Å². The van der Waals surface area contributed by atoms with E-state index < -0.39 is 5.60 Å². The molecule has 1 saturated carbocycles. The molecule has 0 aromatic carbocycles. The second-order valence-electron chi connectivity index (χ2n) is 6.55. The maximum Gasteiger partial charge on any atom is 0.193 e. The lowest BCUT2D eigenvalue weighted by molar-refractivity contribution is -0.0237. The molecule has 1 aliphatic carbocycles. The topological polar surface area (TPSA) is 51.1 Å². The smallest absolute Gasteiger partial charge is 0.193 e. The van der Waals surface area contributed by atoms with Crippen molar-refractivity contribution in [3.05, 3.63) is 0 Å². The van der Waals surface area contributed by atoms with Crippen molar-refractivity contribution in [1.29, 1.82) is 0 Å². The summed E-state index contributed by atoms with van der Waals surface area (Å²) in [6.07, 6.45) is 5.50. The van der Waals surface area contributed by atoms with Gasteiger partial charge in [0.05, 0.1) is 12.1 Å². The molecule has 0 aromatic rings. The number of hydrogen-bond acceptors (Lipinski definition) is 3. The molecule has 1 heterocycles. The lowest BCUT2D eigenvalue weighted by Gasteiger charge is -2.36. The lowest BCUT2D eigenvalue weighted by Crippen LogP contribution is -2.47. The van der Waals surface area contributed by atoms with Crippen LogP contribution in [-0.2, 0) is 0 Å². The Morgan fingerprint density at radius 1 is 1.36 bits per heavy atom. The molecule has 0 amide bonds. The monoisotopic (exact) mass is 424 g/mol. The third-order valence-electron chi connectivity index (χ3n) is 4.89. The normalized spacial score (nSPS) is 24.5. The molecule has 0 bridgehead atoms. The fourth-order valence-electron chi connectivity index (χ4n) is 3.36. The summed E-state index contributed by atoms with van der Waals surface area (Å²) in [6.45, 7) is 9.09. The maximum absolute atomic E-state index is 10.2. The Balaban J connectivity index is 0.00000242. The van der Waals surface area contributed by atoms with Crippen molar-refractivity contribution >= 4 is 29.9 Å². The van der Waals surface area contributed by atoms with Gasteiger partial charge in [-0.1, -0.05) is 6.92 Å². The van der Waals surface area contributed by atoms with Crippen molar-refractivity contribution in [1.82, 2.24) is 15.1 Å². The summed E-state index contributed by atoms with van der Waals surface area (Å²) in [5.41, 5.74) is -0.537. The number of nitrogens with one attached hydrogen (secondary N) is 1. The number of likely N-dealkylation sites (N-methyl/N-ethyl adjacent to an activating group) is 2. The van der Waals surface area contributed by atoms with Gasteiger partial charge in [-0.3, -0.25) is 9.89 Å². The molecule has 2 aliphatic rings. The van der Waals surface area contributed by atoms with Gasteiger partial charge >= 0.3 is 0 Å². The van der Waals surface area contributed by atoms with Gasteiger partial charge in [0.2, 0.25) is 0 Å². The van der Waals surface area contributed by atoms with E-state index in [4.69, 9.17) is 0 Å². The molecule has 22 heavy (non-hydrogen) atoms. The lowest BCUT2D eigenvalue weighted by atomic mass is 9.80. The van der Waals surface area contributed by atoms with Crippen LogP contribution in [0.3, 0.4) is 0 Å². The predicted octanol–water partition coefficient (Wildman–Crippen LogP) is 1.90. The van der Waals surface area contributed by atoms with Crippen molar-refractivity contribution in [3.63, 3.8) is 0 Å². The SMILES string of the molecule is CCNC(=NCC1(O)CCC1)N(C)CC1CCCN1CC.I. The van der Waals surface area contributed by atoms with Crippen LogP contribution in [0.15, 0.2) is 4.99 Å². The molecule has 1 saturated heterocycles. The first kappa shape index (κ1) is 20.0. The van der Waals surface area contributed by atoms with Gasteiger partial charge in [-0.05, 0) is 52.1 Å². The number of nitrogens with zero attached hydrogens (tertiary/aromatic N) is 3. The van der Waals surface area contributed by atoms with E-state index in [1.807, 2.05) is 0 Å². The second-order valence-corrected chi connectivity index (χ2v) is 6.55. The average Bonchev–Trinajstić information content (AvgIpc) is 2.88. The van der Waals surface area contributed by atoms with Crippen LogP contribution in [0, 0.1) is 0 Å². The van der Waals surface area contributed by atoms with E-state index in [1.54, 1.807) is 0 Å². The van der Waals surface area contributed by atoms with Crippen molar-refractivity contribution in [3.8, 4) is 0 Å². The molecule has 0 radical (unpaired) electrons. The van der Waals surface area contributed by atoms with Crippen molar-refractivity contribution < 1.29 is 5.11 Å². The van der Waals surface area contributed by atoms with Gasteiger partial charge in [0, 0.05) is 26.2 Å². The van der Waals surface area contributed by atoms with E-state index >= 15 is 0 Å². The van der Waals surface area contributed by atoms with Gasteiger partial charge in [0.15, 0.2) is 5.96 Å². The van der Waals surface area contributed by atoms with Crippen LogP contribution >= 0.6 is 24.0 Å². The zero-order chi connectivity index (χ0) is 15.3. The molecular weight excluding hydrogens is 391 g/mol. The number of aliphatic hydroxyl groups is 1. The summed E-state index contributed by atoms with van der Waals surface area (Å²) < 4.78 is 0. The Kier molecular flexibility index (Phi) is 8.42. The fraction of sp³-hybridized carbons (Fsp3) is 0.938. The van der Waals surface area contributed by atoms with Gasteiger partial charge in [0.25, 0.3) is 0 Å². The highest BCUT2D eigenvalue weighted by molar-refractivity contribution is 14.0. The Morgan fingerprint density at radius 2 is 2.09 bits per heavy atom. The van der Waals surface area contributed by atoms with Gasteiger partial charge < -0.3 is 15.3 Å². The quantitative estimate of drug-likeness (QED) is 0.389. The standard InChI is InChI=1S/C16H32N4O.HI/c1-4-17-15(18-13-16(21)9-7-10-16)19(3)12-14-8-6-11-20(14)5-2;/h14,21H,4-13H2,1-3H3,(H,17,18);1H. The van der Waals surface area contributed by atoms with E-state index in [0.29, 0.717) is 12.6 Å². The van der Waals surface area contributed by atoms with Gasteiger partial charge in [-0.2, -0.15) is 0 Å². The zero-order valence-corrected chi connectivity index (χ0v) is 16.7. The average molecular weight is 424 g/mol. The molecule has 2 N–H and O–H groups in total. The Bertz CT molecular complexity index is 360. The molecule has 1 unspecified atom stereocenters. The number of halogens is 1. The van der Waals surface area contributed by atoms with Crippen LogP contribution in [0.25, 0.3) is 0 Å². The van der Waals surface area contributed by atoms with Crippen LogP contribution in [0.2, 0.25) is 0 Å². The second kappa shape index (κ2) is 9.27. The molecule has 1 atom stereocenters. The number of likely N-dealkylation sites (tertiary alicyclic amines) is 1. The van der Waals surface area contributed by atoms with E-state index in [-0.39, 0.29) is 24.0 Å².